The van der Waals surface area contributed by atoms with Crippen molar-refractivity contribution in [2.75, 3.05) is 7.05 Å². The van der Waals surface area contributed by atoms with E-state index in [2.05, 4.69) is 86.5 Å². The van der Waals surface area contributed by atoms with Crippen LogP contribution in [-0.4, -0.2) is 22.7 Å². The highest BCUT2D eigenvalue weighted by molar-refractivity contribution is 5.26. The third-order valence-electron chi connectivity index (χ3n) is 5.81. The maximum atomic E-state index is 11.5. The number of benzene rings is 2. The third-order valence-corrected chi connectivity index (χ3v) is 5.81. The van der Waals surface area contributed by atoms with Crippen LogP contribution >= 0.6 is 0 Å². The van der Waals surface area contributed by atoms with E-state index in [9.17, 15) is 5.11 Å². The zero-order chi connectivity index (χ0) is 17.2. The number of piperidine rings is 1. The van der Waals surface area contributed by atoms with E-state index in [1.807, 2.05) is 0 Å². The van der Waals surface area contributed by atoms with Crippen LogP contribution < -0.4 is 0 Å². The van der Waals surface area contributed by atoms with Gasteiger partial charge in [-0.05, 0) is 31.0 Å². The molecule has 2 aromatic carbocycles. The fraction of sp³-hybridized carbons (Fsp3) is 0.455. The summed E-state index contributed by atoms with van der Waals surface area (Å²) in [6.45, 7) is 4.38. The Kier molecular flexibility index (Phi) is 5.07. The fourth-order valence-electron chi connectivity index (χ4n) is 4.47. The van der Waals surface area contributed by atoms with Crippen LogP contribution in [0.4, 0.5) is 0 Å². The van der Waals surface area contributed by atoms with E-state index in [-0.39, 0.29) is 18.0 Å². The molecule has 0 radical (unpaired) electrons. The highest BCUT2D eigenvalue weighted by Crippen LogP contribution is 2.50. The molecule has 2 nitrogen and oxygen atoms in total. The van der Waals surface area contributed by atoms with E-state index in [0.29, 0.717) is 0 Å². The van der Waals surface area contributed by atoms with Gasteiger partial charge in [-0.1, -0.05) is 80.9 Å². The Balaban J connectivity index is 2.03. The maximum absolute atomic E-state index is 11.5. The van der Waals surface area contributed by atoms with Gasteiger partial charge in [0.1, 0.15) is 0 Å². The van der Waals surface area contributed by atoms with Crippen molar-refractivity contribution < 1.29 is 5.11 Å². The van der Waals surface area contributed by atoms with Crippen molar-refractivity contribution in [2.24, 2.45) is 5.92 Å². The molecule has 3 rings (SSSR count). The second kappa shape index (κ2) is 7.08. The first-order valence-corrected chi connectivity index (χ1v) is 9.11. The smallest absolute Gasteiger partial charge is 0.0709 e. The molecule has 0 amide bonds. The molecule has 1 aliphatic heterocycles. The predicted octanol–water partition coefficient (Wildman–Crippen LogP) is 4.97. The molecular formula is C22H29NO. The minimum Gasteiger partial charge on any atom is -0.389 e. The van der Waals surface area contributed by atoms with Crippen LogP contribution in [0.3, 0.4) is 0 Å². The third kappa shape index (κ3) is 3.13. The number of hydrogen-bond acceptors (Lipinski definition) is 2. The summed E-state index contributed by atoms with van der Waals surface area (Å²) in [5.74, 6) is 0.199. The van der Waals surface area contributed by atoms with Gasteiger partial charge in [0.2, 0.25) is 0 Å². The molecular weight excluding hydrogens is 294 g/mol. The van der Waals surface area contributed by atoms with Crippen LogP contribution in [-0.2, 0) is 0 Å². The molecule has 0 saturated carbocycles. The minimum atomic E-state index is -0.623. The van der Waals surface area contributed by atoms with Gasteiger partial charge >= 0.3 is 0 Å². The quantitative estimate of drug-likeness (QED) is 0.858. The van der Waals surface area contributed by atoms with Crippen LogP contribution in [0, 0.1) is 5.92 Å². The van der Waals surface area contributed by atoms with Crippen molar-refractivity contribution in [3.05, 3.63) is 71.8 Å². The van der Waals surface area contributed by atoms with E-state index in [1.165, 1.54) is 11.1 Å². The number of nitrogens with zero attached hydrogens (tertiary/aromatic N) is 1. The van der Waals surface area contributed by atoms with Crippen molar-refractivity contribution in [3.63, 3.8) is 0 Å². The van der Waals surface area contributed by atoms with Gasteiger partial charge in [-0.25, -0.2) is 0 Å². The molecule has 0 bridgehead atoms. The van der Waals surface area contributed by atoms with Crippen molar-refractivity contribution in [3.8, 4) is 0 Å². The average Bonchev–Trinajstić information content (AvgIpc) is 2.61. The van der Waals surface area contributed by atoms with E-state index >= 15 is 0 Å². The molecule has 1 aliphatic rings. The fourth-order valence-corrected chi connectivity index (χ4v) is 4.47. The van der Waals surface area contributed by atoms with Crippen molar-refractivity contribution in [1.82, 2.24) is 4.90 Å². The summed E-state index contributed by atoms with van der Waals surface area (Å²) in [5, 5.41) is 11.5. The lowest BCUT2D eigenvalue weighted by molar-refractivity contribution is -0.118. The molecule has 0 aliphatic carbocycles. The predicted molar refractivity (Wildman–Crippen MR) is 99.8 cm³/mol. The Morgan fingerprint density at radius 1 is 1.00 bits per heavy atom. The lowest BCUT2D eigenvalue weighted by Gasteiger charge is -2.52. The molecule has 4 atom stereocenters. The van der Waals surface area contributed by atoms with Gasteiger partial charge in [0, 0.05) is 18.0 Å². The zero-order valence-electron chi connectivity index (χ0n) is 15.0. The van der Waals surface area contributed by atoms with Crippen LogP contribution in [0.5, 0.6) is 0 Å². The number of likely N-dealkylation sites (tertiary alicyclic amines) is 1. The van der Waals surface area contributed by atoms with Crippen molar-refractivity contribution in [1.29, 1.82) is 0 Å². The lowest BCUT2D eigenvalue weighted by Crippen LogP contribution is -2.52. The standard InChI is InChI=1S/C22H29NO/c1-4-15-22(24)16-20(18-11-7-5-8-12-18)23(3)21(17(22)2)19-13-9-6-10-14-19/h5-14,17,20-21,24H,4,15-16H2,1-3H3/t17-,20-,21-,22+/m0/s1. The topological polar surface area (TPSA) is 23.5 Å². The first-order valence-electron chi connectivity index (χ1n) is 9.11. The number of rotatable bonds is 4. The molecule has 128 valence electrons. The zero-order valence-corrected chi connectivity index (χ0v) is 15.0. The Morgan fingerprint density at radius 2 is 1.54 bits per heavy atom. The molecule has 0 unspecified atom stereocenters. The first-order chi connectivity index (χ1) is 11.6. The molecule has 1 fully saturated rings. The molecule has 0 spiro atoms. The van der Waals surface area contributed by atoms with Crippen LogP contribution in [0.25, 0.3) is 0 Å². The Labute approximate surface area is 146 Å². The minimum absolute atomic E-state index is 0.199. The second-order valence-corrected chi connectivity index (χ2v) is 7.29. The van der Waals surface area contributed by atoms with Crippen molar-refractivity contribution in [2.45, 2.75) is 50.8 Å². The van der Waals surface area contributed by atoms with E-state index in [4.69, 9.17) is 0 Å². The summed E-state index contributed by atoms with van der Waals surface area (Å²) in [4.78, 5) is 2.46. The molecule has 2 heteroatoms. The molecule has 2 aromatic rings. The highest BCUT2D eigenvalue weighted by Gasteiger charge is 2.48. The van der Waals surface area contributed by atoms with Gasteiger partial charge < -0.3 is 5.11 Å². The maximum Gasteiger partial charge on any atom is 0.0709 e. The van der Waals surface area contributed by atoms with E-state index in [1.54, 1.807) is 0 Å². The van der Waals surface area contributed by atoms with E-state index < -0.39 is 5.60 Å². The van der Waals surface area contributed by atoms with Gasteiger partial charge in [-0.15, -0.1) is 0 Å². The summed E-state index contributed by atoms with van der Waals surface area (Å²) in [7, 11) is 2.21. The summed E-state index contributed by atoms with van der Waals surface area (Å²) >= 11 is 0. The van der Waals surface area contributed by atoms with Gasteiger partial charge in [0.25, 0.3) is 0 Å². The Bertz CT molecular complexity index is 642. The summed E-state index contributed by atoms with van der Waals surface area (Å²) < 4.78 is 0. The van der Waals surface area contributed by atoms with Gasteiger partial charge in [0.05, 0.1) is 5.60 Å². The SMILES string of the molecule is CCC[C@@]1(O)C[C@@H](c2ccccc2)N(C)[C@H](c2ccccc2)[C@@H]1C. The number of aliphatic hydroxyl groups is 1. The van der Waals surface area contributed by atoms with Gasteiger partial charge in [-0.2, -0.15) is 0 Å². The highest BCUT2D eigenvalue weighted by atomic mass is 16.3. The lowest BCUT2D eigenvalue weighted by atomic mass is 9.69. The molecule has 1 heterocycles. The normalized spacial score (nSPS) is 31.1. The summed E-state index contributed by atoms with van der Waals surface area (Å²) in [5.41, 5.74) is 1.97. The number of hydrogen-bond donors (Lipinski definition) is 1. The van der Waals surface area contributed by atoms with E-state index in [0.717, 1.165) is 19.3 Å². The molecule has 0 aromatic heterocycles. The van der Waals surface area contributed by atoms with Crippen LogP contribution in [0.2, 0.25) is 0 Å². The van der Waals surface area contributed by atoms with Crippen LogP contribution in [0.15, 0.2) is 60.7 Å². The van der Waals surface area contributed by atoms with Crippen molar-refractivity contribution >= 4 is 0 Å². The van der Waals surface area contributed by atoms with Crippen LogP contribution in [0.1, 0.15) is 56.3 Å². The second-order valence-electron chi connectivity index (χ2n) is 7.29. The Morgan fingerprint density at radius 3 is 2.08 bits per heavy atom. The summed E-state index contributed by atoms with van der Waals surface area (Å²) in [6, 6.07) is 21.7. The molecule has 24 heavy (non-hydrogen) atoms. The first kappa shape index (κ1) is 17.2. The monoisotopic (exact) mass is 323 g/mol. The van der Waals surface area contributed by atoms with Gasteiger partial charge in [-0.3, -0.25) is 4.90 Å². The van der Waals surface area contributed by atoms with Gasteiger partial charge in [0.15, 0.2) is 0 Å². The largest absolute Gasteiger partial charge is 0.389 e. The molecule has 1 saturated heterocycles. The Hall–Kier alpha value is -1.64. The summed E-state index contributed by atoms with van der Waals surface area (Å²) in [6.07, 6.45) is 2.66. The average molecular weight is 323 g/mol. The molecule has 1 N–H and O–H groups in total.